The van der Waals surface area contributed by atoms with Crippen LogP contribution in [0.25, 0.3) is 0 Å². The predicted octanol–water partition coefficient (Wildman–Crippen LogP) is 5.07. The zero-order chi connectivity index (χ0) is 14.9. The molecule has 20 heavy (non-hydrogen) atoms. The van der Waals surface area contributed by atoms with Crippen LogP contribution >= 0.6 is 31.9 Å². The predicted molar refractivity (Wildman–Crippen MR) is 87.7 cm³/mol. The van der Waals surface area contributed by atoms with E-state index >= 15 is 0 Å². The Bertz CT molecular complexity index is 678. The summed E-state index contributed by atoms with van der Waals surface area (Å²) in [5.41, 5.74) is 3.31. The van der Waals surface area contributed by atoms with Crippen molar-refractivity contribution >= 4 is 37.6 Å². The van der Waals surface area contributed by atoms with E-state index in [1.807, 2.05) is 44.2 Å². The van der Waals surface area contributed by atoms with Gasteiger partial charge in [-0.05, 0) is 49.2 Å². The third kappa shape index (κ3) is 2.96. The van der Waals surface area contributed by atoms with Gasteiger partial charge in [0.15, 0.2) is 5.78 Å². The second-order valence-corrected chi connectivity index (χ2v) is 6.32. The highest BCUT2D eigenvalue weighted by Gasteiger charge is 2.18. The molecule has 0 unspecified atom stereocenters. The minimum Gasteiger partial charge on any atom is -0.496 e. The van der Waals surface area contributed by atoms with E-state index in [0.717, 1.165) is 20.1 Å². The molecule has 0 atom stereocenters. The van der Waals surface area contributed by atoms with E-state index in [1.165, 1.54) is 0 Å². The highest BCUT2D eigenvalue weighted by molar-refractivity contribution is 9.10. The Morgan fingerprint density at radius 1 is 1.00 bits per heavy atom. The van der Waals surface area contributed by atoms with Gasteiger partial charge >= 0.3 is 0 Å². The van der Waals surface area contributed by atoms with Crippen molar-refractivity contribution in [1.82, 2.24) is 0 Å². The summed E-state index contributed by atoms with van der Waals surface area (Å²) >= 11 is 6.91. The van der Waals surface area contributed by atoms with E-state index in [-0.39, 0.29) is 5.78 Å². The summed E-state index contributed by atoms with van der Waals surface area (Å²) in [7, 11) is 1.57. The lowest BCUT2D eigenvalue weighted by Crippen LogP contribution is -2.05. The summed E-state index contributed by atoms with van der Waals surface area (Å²) in [6.45, 7) is 3.95. The van der Waals surface area contributed by atoms with Crippen LogP contribution in [0.5, 0.6) is 5.75 Å². The van der Waals surface area contributed by atoms with Gasteiger partial charge in [-0.15, -0.1) is 0 Å². The summed E-state index contributed by atoms with van der Waals surface area (Å²) in [5, 5.41) is 0. The van der Waals surface area contributed by atoms with Crippen LogP contribution in [0.4, 0.5) is 0 Å². The molecule has 2 nitrogen and oxygen atoms in total. The number of carbonyl (C=O) groups excluding carboxylic acids is 1. The lowest BCUT2D eigenvalue weighted by molar-refractivity contribution is 0.103. The summed E-state index contributed by atoms with van der Waals surface area (Å²) in [6.07, 6.45) is 0. The van der Waals surface area contributed by atoms with Crippen molar-refractivity contribution in [2.45, 2.75) is 13.8 Å². The van der Waals surface area contributed by atoms with Crippen molar-refractivity contribution in [2.24, 2.45) is 0 Å². The topological polar surface area (TPSA) is 26.3 Å². The van der Waals surface area contributed by atoms with Crippen LogP contribution in [0.1, 0.15) is 27.0 Å². The number of halogens is 2. The Morgan fingerprint density at radius 2 is 1.70 bits per heavy atom. The summed E-state index contributed by atoms with van der Waals surface area (Å²) in [5.74, 6) is 0.526. The molecule has 0 N–H and O–H groups in total. The molecule has 0 amide bonds. The molecule has 4 heteroatoms. The number of benzene rings is 2. The molecule has 0 aromatic heterocycles. The van der Waals surface area contributed by atoms with Crippen LogP contribution < -0.4 is 4.74 Å². The van der Waals surface area contributed by atoms with Crippen LogP contribution in [0.2, 0.25) is 0 Å². The lowest BCUT2D eigenvalue weighted by Gasteiger charge is -2.11. The van der Waals surface area contributed by atoms with Gasteiger partial charge in [-0.2, -0.15) is 0 Å². The van der Waals surface area contributed by atoms with Crippen LogP contribution in [0.3, 0.4) is 0 Å². The SMILES string of the molecule is COc1cc(C)c(Br)cc1C(=O)c1ccc(C)cc1Br. The summed E-state index contributed by atoms with van der Waals surface area (Å²) < 4.78 is 7.02. The van der Waals surface area contributed by atoms with E-state index in [2.05, 4.69) is 31.9 Å². The first-order valence-corrected chi connectivity index (χ1v) is 7.67. The quantitative estimate of drug-likeness (QED) is 0.676. The molecule has 2 aromatic carbocycles. The van der Waals surface area contributed by atoms with Gasteiger partial charge in [0.25, 0.3) is 0 Å². The van der Waals surface area contributed by atoms with Crippen molar-refractivity contribution in [3.8, 4) is 5.75 Å². The average molecular weight is 398 g/mol. The van der Waals surface area contributed by atoms with Gasteiger partial charge in [0.1, 0.15) is 5.75 Å². The fourth-order valence-corrected chi connectivity index (χ4v) is 2.97. The van der Waals surface area contributed by atoms with Crippen LogP contribution in [0.15, 0.2) is 39.3 Å². The first-order chi connectivity index (χ1) is 9.43. The zero-order valence-corrected chi connectivity index (χ0v) is 14.6. The normalized spacial score (nSPS) is 10.4. The summed E-state index contributed by atoms with van der Waals surface area (Å²) in [4.78, 5) is 12.7. The van der Waals surface area contributed by atoms with E-state index in [4.69, 9.17) is 4.74 Å². The van der Waals surface area contributed by atoms with E-state index in [9.17, 15) is 4.79 Å². The number of aryl methyl sites for hydroxylation is 2. The van der Waals surface area contributed by atoms with Gasteiger partial charge in [-0.1, -0.05) is 37.9 Å². The van der Waals surface area contributed by atoms with Crippen LogP contribution in [-0.4, -0.2) is 12.9 Å². The van der Waals surface area contributed by atoms with Crippen LogP contribution in [0, 0.1) is 13.8 Å². The molecule has 0 bridgehead atoms. The molecule has 0 saturated carbocycles. The third-order valence-electron chi connectivity index (χ3n) is 3.09. The van der Waals surface area contributed by atoms with Crippen molar-refractivity contribution in [3.05, 3.63) is 61.5 Å². The van der Waals surface area contributed by atoms with Gasteiger partial charge in [0.2, 0.25) is 0 Å². The van der Waals surface area contributed by atoms with Gasteiger partial charge in [-0.3, -0.25) is 4.79 Å². The second-order valence-electron chi connectivity index (χ2n) is 4.61. The molecule has 0 aliphatic rings. The fraction of sp³-hybridized carbons (Fsp3) is 0.188. The Hall–Kier alpha value is -1.13. The molecule has 0 aliphatic heterocycles. The maximum atomic E-state index is 12.7. The molecule has 0 spiro atoms. The van der Waals surface area contributed by atoms with Gasteiger partial charge < -0.3 is 4.74 Å². The molecule has 2 rings (SSSR count). The number of ether oxygens (including phenoxy) is 1. The first kappa shape index (κ1) is 15.3. The number of ketones is 1. The Balaban J connectivity index is 2.55. The Morgan fingerprint density at radius 3 is 2.30 bits per heavy atom. The number of rotatable bonds is 3. The molecule has 0 radical (unpaired) electrons. The summed E-state index contributed by atoms with van der Waals surface area (Å²) in [6, 6.07) is 9.35. The second kappa shape index (κ2) is 6.10. The minimum absolute atomic E-state index is 0.0607. The molecule has 2 aromatic rings. The van der Waals surface area contributed by atoms with Crippen molar-refractivity contribution in [1.29, 1.82) is 0 Å². The van der Waals surface area contributed by atoms with Crippen LogP contribution in [-0.2, 0) is 0 Å². The molecular weight excluding hydrogens is 384 g/mol. The number of hydrogen-bond acceptors (Lipinski definition) is 2. The van der Waals surface area contributed by atoms with Gasteiger partial charge in [0, 0.05) is 14.5 Å². The molecule has 0 fully saturated rings. The number of hydrogen-bond donors (Lipinski definition) is 0. The van der Waals surface area contributed by atoms with E-state index in [0.29, 0.717) is 16.9 Å². The van der Waals surface area contributed by atoms with Crippen molar-refractivity contribution in [3.63, 3.8) is 0 Å². The maximum absolute atomic E-state index is 12.7. The smallest absolute Gasteiger partial charge is 0.197 e. The lowest BCUT2D eigenvalue weighted by atomic mass is 10.0. The van der Waals surface area contributed by atoms with Crippen molar-refractivity contribution < 1.29 is 9.53 Å². The first-order valence-electron chi connectivity index (χ1n) is 6.09. The molecule has 0 aliphatic carbocycles. The van der Waals surface area contributed by atoms with Gasteiger partial charge in [-0.25, -0.2) is 0 Å². The largest absolute Gasteiger partial charge is 0.496 e. The fourth-order valence-electron chi connectivity index (χ4n) is 1.95. The van der Waals surface area contributed by atoms with E-state index in [1.54, 1.807) is 7.11 Å². The average Bonchev–Trinajstić information content (AvgIpc) is 2.40. The Kier molecular flexibility index (Phi) is 4.66. The highest BCUT2D eigenvalue weighted by Crippen LogP contribution is 2.30. The number of carbonyl (C=O) groups is 1. The molecule has 104 valence electrons. The minimum atomic E-state index is -0.0607. The van der Waals surface area contributed by atoms with E-state index < -0.39 is 0 Å². The standard InChI is InChI=1S/C16H14Br2O2/c1-9-4-5-11(14(18)6-9)16(19)12-8-13(17)10(2)7-15(12)20-3/h4-8H,1-3H3. The van der Waals surface area contributed by atoms with Crippen molar-refractivity contribution in [2.75, 3.05) is 7.11 Å². The molecule has 0 saturated heterocycles. The Labute approximate surface area is 135 Å². The molecule has 0 heterocycles. The van der Waals surface area contributed by atoms with Gasteiger partial charge in [0.05, 0.1) is 12.7 Å². The monoisotopic (exact) mass is 396 g/mol. The third-order valence-corrected chi connectivity index (χ3v) is 4.61. The maximum Gasteiger partial charge on any atom is 0.197 e. The zero-order valence-electron chi connectivity index (χ0n) is 11.5. The number of methoxy groups -OCH3 is 1. The highest BCUT2D eigenvalue weighted by atomic mass is 79.9. The molecular formula is C16H14Br2O2.